The van der Waals surface area contributed by atoms with Crippen LogP contribution < -0.4 is 5.56 Å². The first-order valence-electron chi connectivity index (χ1n) is 5.17. The third-order valence-corrected chi connectivity index (χ3v) is 3.15. The Hall–Kier alpha value is -1.65. The van der Waals surface area contributed by atoms with Gasteiger partial charge in [0.25, 0.3) is 5.56 Å². The van der Waals surface area contributed by atoms with Crippen LogP contribution in [0.1, 0.15) is 25.3 Å². The minimum Gasteiger partial charge on any atom is -0.267 e. The van der Waals surface area contributed by atoms with Gasteiger partial charge in [-0.15, -0.1) is 0 Å². The second-order valence-corrected chi connectivity index (χ2v) is 4.05. The summed E-state index contributed by atoms with van der Waals surface area (Å²) in [5.41, 5.74) is 0.792. The molecule has 5 heteroatoms. The van der Waals surface area contributed by atoms with E-state index in [4.69, 9.17) is 0 Å². The Morgan fingerprint density at radius 1 is 1.33 bits per heavy atom. The zero-order valence-corrected chi connectivity index (χ0v) is 8.55. The lowest BCUT2D eigenvalue weighted by atomic mass is 9.93. The Morgan fingerprint density at radius 2 is 2.13 bits per heavy atom. The van der Waals surface area contributed by atoms with Gasteiger partial charge >= 0.3 is 0 Å². The minimum absolute atomic E-state index is 0.00898. The van der Waals surface area contributed by atoms with Crippen LogP contribution in [0.3, 0.4) is 0 Å². The highest BCUT2D eigenvalue weighted by Crippen LogP contribution is 2.29. The second-order valence-electron chi connectivity index (χ2n) is 4.05. The fourth-order valence-electron chi connectivity index (χ4n) is 1.95. The molecule has 0 N–H and O–H groups in total. The van der Waals surface area contributed by atoms with Gasteiger partial charge < -0.3 is 0 Å². The van der Waals surface area contributed by atoms with E-state index in [2.05, 4.69) is 10.2 Å². The molecule has 0 spiro atoms. The summed E-state index contributed by atoms with van der Waals surface area (Å²) in [7, 11) is 1.82. The molecule has 15 heavy (non-hydrogen) atoms. The van der Waals surface area contributed by atoms with Crippen molar-refractivity contribution >= 4 is 10.9 Å². The molecule has 2 aromatic rings. The fourth-order valence-corrected chi connectivity index (χ4v) is 1.95. The van der Waals surface area contributed by atoms with Gasteiger partial charge in [0.15, 0.2) is 0 Å². The van der Waals surface area contributed by atoms with Crippen molar-refractivity contribution in [3.63, 3.8) is 0 Å². The molecule has 78 valence electrons. The normalized spacial score (nSPS) is 16.9. The maximum Gasteiger partial charge on any atom is 0.278 e. The molecule has 1 saturated carbocycles. The number of nitrogens with zero attached hydrogens (tertiary/aromatic N) is 4. The lowest BCUT2D eigenvalue weighted by molar-refractivity contribution is 0.280. The zero-order chi connectivity index (χ0) is 10.4. The van der Waals surface area contributed by atoms with E-state index in [1.165, 1.54) is 6.42 Å². The number of hydrogen-bond acceptors (Lipinski definition) is 3. The maximum absolute atomic E-state index is 12.0. The number of fused-ring (bicyclic) bond motifs is 1. The van der Waals surface area contributed by atoms with Gasteiger partial charge in [-0.05, 0) is 19.3 Å². The zero-order valence-electron chi connectivity index (χ0n) is 8.55. The van der Waals surface area contributed by atoms with E-state index in [1.807, 2.05) is 7.05 Å². The van der Waals surface area contributed by atoms with Gasteiger partial charge in [-0.25, -0.2) is 4.68 Å². The lowest BCUT2D eigenvalue weighted by Gasteiger charge is -2.25. The van der Waals surface area contributed by atoms with Crippen molar-refractivity contribution < 1.29 is 0 Å². The second kappa shape index (κ2) is 2.92. The monoisotopic (exact) mass is 204 g/mol. The van der Waals surface area contributed by atoms with E-state index in [0.717, 1.165) is 18.4 Å². The van der Waals surface area contributed by atoms with E-state index in [9.17, 15) is 4.79 Å². The van der Waals surface area contributed by atoms with Crippen LogP contribution in [0.15, 0.2) is 17.2 Å². The summed E-state index contributed by atoms with van der Waals surface area (Å²) < 4.78 is 3.28. The molecule has 1 aliphatic carbocycles. The van der Waals surface area contributed by atoms with Crippen molar-refractivity contribution in [2.45, 2.75) is 25.3 Å². The molecule has 0 aliphatic heterocycles. The molecule has 0 atom stereocenters. The molecule has 2 aromatic heterocycles. The summed E-state index contributed by atoms with van der Waals surface area (Å²) in [5, 5.41) is 8.94. The number of aryl methyl sites for hydroxylation is 1. The van der Waals surface area contributed by atoms with Crippen molar-refractivity contribution in [2.24, 2.45) is 7.05 Å². The Bertz CT molecular complexity index is 564. The summed E-state index contributed by atoms with van der Waals surface area (Å²) in [5.74, 6) is 0. The fraction of sp³-hybridized carbons (Fsp3) is 0.500. The Labute approximate surface area is 86.3 Å². The van der Waals surface area contributed by atoms with Crippen LogP contribution in [-0.2, 0) is 7.05 Å². The molecule has 0 aromatic carbocycles. The average Bonchev–Trinajstić information content (AvgIpc) is 2.50. The number of rotatable bonds is 1. The molecule has 0 saturated heterocycles. The molecule has 0 unspecified atom stereocenters. The first-order valence-corrected chi connectivity index (χ1v) is 5.17. The maximum atomic E-state index is 12.0. The van der Waals surface area contributed by atoms with Crippen LogP contribution in [0.2, 0.25) is 0 Å². The topological polar surface area (TPSA) is 52.7 Å². The third-order valence-electron chi connectivity index (χ3n) is 3.15. The molecule has 0 radical (unpaired) electrons. The van der Waals surface area contributed by atoms with Crippen LogP contribution in [0.4, 0.5) is 0 Å². The van der Waals surface area contributed by atoms with E-state index in [-0.39, 0.29) is 5.56 Å². The molecule has 0 bridgehead atoms. The molecule has 2 heterocycles. The molecule has 1 aliphatic rings. The van der Waals surface area contributed by atoms with E-state index in [0.29, 0.717) is 11.4 Å². The van der Waals surface area contributed by atoms with Gasteiger partial charge in [0, 0.05) is 7.05 Å². The van der Waals surface area contributed by atoms with Gasteiger partial charge in [-0.3, -0.25) is 9.48 Å². The van der Waals surface area contributed by atoms with Gasteiger partial charge in [-0.1, -0.05) is 0 Å². The van der Waals surface area contributed by atoms with E-state index < -0.39 is 0 Å². The van der Waals surface area contributed by atoms with E-state index in [1.54, 1.807) is 21.8 Å². The Morgan fingerprint density at radius 3 is 2.80 bits per heavy atom. The highest BCUT2D eigenvalue weighted by Gasteiger charge is 2.22. The van der Waals surface area contributed by atoms with Gasteiger partial charge in [0.1, 0.15) is 0 Å². The molecular formula is C10H12N4O. The van der Waals surface area contributed by atoms with Gasteiger partial charge in [0.2, 0.25) is 0 Å². The van der Waals surface area contributed by atoms with Gasteiger partial charge in [-0.2, -0.15) is 10.2 Å². The predicted octanol–water partition coefficient (Wildman–Crippen LogP) is 0.855. The van der Waals surface area contributed by atoms with Crippen molar-refractivity contribution in [3.8, 4) is 0 Å². The first kappa shape index (κ1) is 8.64. The van der Waals surface area contributed by atoms with Crippen LogP contribution in [-0.4, -0.2) is 19.6 Å². The summed E-state index contributed by atoms with van der Waals surface area (Å²) in [4.78, 5) is 12.0. The number of aromatic nitrogens is 4. The average molecular weight is 204 g/mol. The van der Waals surface area contributed by atoms with Crippen LogP contribution in [0.5, 0.6) is 0 Å². The standard InChI is InChI=1S/C10H12N4O/c1-13-9-6-12-14(7-3-2-4-7)10(15)8(9)5-11-13/h5-7H,2-4H2,1H3. The van der Waals surface area contributed by atoms with E-state index >= 15 is 0 Å². The Balaban J connectivity index is 2.25. The van der Waals surface area contributed by atoms with Crippen LogP contribution in [0, 0.1) is 0 Å². The number of hydrogen-bond donors (Lipinski definition) is 0. The van der Waals surface area contributed by atoms with Crippen LogP contribution >= 0.6 is 0 Å². The van der Waals surface area contributed by atoms with Crippen molar-refractivity contribution in [2.75, 3.05) is 0 Å². The summed E-state index contributed by atoms with van der Waals surface area (Å²) >= 11 is 0. The summed E-state index contributed by atoms with van der Waals surface area (Å²) in [6, 6.07) is 0.308. The van der Waals surface area contributed by atoms with Crippen molar-refractivity contribution in [1.82, 2.24) is 19.6 Å². The van der Waals surface area contributed by atoms with Crippen LogP contribution in [0.25, 0.3) is 10.9 Å². The highest BCUT2D eigenvalue weighted by atomic mass is 16.1. The molecule has 0 amide bonds. The molecular weight excluding hydrogens is 192 g/mol. The van der Waals surface area contributed by atoms with Crippen molar-refractivity contribution in [1.29, 1.82) is 0 Å². The van der Waals surface area contributed by atoms with Gasteiger partial charge in [0.05, 0.1) is 29.3 Å². The smallest absolute Gasteiger partial charge is 0.267 e. The molecule has 1 fully saturated rings. The summed E-state index contributed by atoms with van der Waals surface area (Å²) in [6.07, 6.45) is 6.68. The molecule has 5 nitrogen and oxygen atoms in total. The SMILES string of the molecule is Cn1ncc2c(=O)n(C3CCC3)ncc21. The quantitative estimate of drug-likeness (QED) is 0.692. The first-order chi connectivity index (χ1) is 7.27. The highest BCUT2D eigenvalue weighted by molar-refractivity contribution is 5.76. The minimum atomic E-state index is -0.00898. The largest absolute Gasteiger partial charge is 0.278 e. The van der Waals surface area contributed by atoms with Crippen molar-refractivity contribution in [3.05, 3.63) is 22.7 Å². The third kappa shape index (κ3) is 1.12. The lowest BCUT2D eigenvalue weighted by Crippen LogP contribution is -2.30. The summed E-state index contributed by atoms with van der Waals surface area (Å²) in [6.45, 7) is 0. The molecule has 3 rings (SSSR count). The predicted molar refractivity (Wildman–Crippen MR) is 55.7 cm³/mol. The Kier molecular flexibility index (Phi) is 1.68.